The van der Waals surface area contributed by atoms with Crippen molar-refractivity contribution in [3.63, 3.8) is 0 Å². The lowest BCUT2D eigenvalue weighted by Gasteiger charge is -2.36. The van der Waals surface area contributed by atoms with Crippen LogP contribution in [0.3, 0.4) is 0 Å². The molecule has 0 bridgehead atoms. The van der Waals surface area contributed by atoms with Gasteiger partial charge in [-0.2, -0.15) is 0 Å². The Bertz CT molecular complexity index is 938. The van der Waals surface area contributed by atoms with Crippen LogP contribution in [0, 0.1) is 12.8 Å². The second kappa shape index (κ2) is 10.7. The van der Waals surface area contributed by atoms with E-state index in [2.05, 4.69) is 39.1 Å². The minimum Gasteiger partial charge on any atom is -0.368 e. The maximum atomic E-state index is 12.9. The lowest BCUT2D eigenvalue weighted by molar-refractivity contribution is -0.133. The second-order valence-electron chi connectivity index (χ2n) is 9.19. The maximum Gasteiger partial charge on any atom is 0.272 e. The SMILES string of the molecule is Cc1cc(C(=O)N2CCCC(CCC(=O)N3CCN(Cc4ccccc4)CC3)C2)nc(N)n1. The third kappa shape index (κ3) is 6.28. The van der Waals surface area contributed by atoms with Crippen LogP contribution >= 0.6 is 0 Å². The Kier molecular flexibility index (Phi) is 7.54. The number of amides is 2. The molecule has 2 aliphatic heterocycles. The molecule has 0 aliphatic carbocycles. The van der Waals surface area contributed by atoms with E-state index in [0.717, 1.165) is 58.5 Å². The van der Waals surface area contributed by atoms with Crippen molar-refractivity contribution < 1.29 is 9.59 Å². The molecular formula is C25H34N6O2. The van der Waals surface area contributed by atoms with Crippen molar-refractivity contribution in [1.82, 2.24) is 24.7 Å². The third-order valence-corrected chi connectivity index (χ3v) is 6.64. The van der Waals surface area contributed by atoms with E-state index in [0.29, 0.717) is 30.3 Å². The van der Waals surface area contributed by atoms with Gasteiger partial charge in [0.15, 0.2) is 0 Å². The van der Waals surface area contributed by atoms with E-state index in [-0.39, 0.29) is 17.8 Å². The van der Waals surface area contributed by atoms with Gasteiger partial charge in [0.2, 0.25) is 11.9 Å². The van der Waals surface area contributed by atoms with Gasteiger partial charge < -0.3 is 15.5 Å². The number of hydrogen-bond donors (Lipinski definition) is 1. The Morgan fingerprint density at radius 3 is 2.52 bits per heavy atom. The van der Waals surface area contributed by atoms with Crippen LogP contribution in [0.1, 0.15) is 47.4 Å². The number of aryl methyl sites for hydroxylation is 1. The molecule has 8 nitrogen and oxygen atoms in total. The van der Waals surface area contributed by atoms with Crippen LogP contribution in [0.4, 0.5) is 5.95 Å². The molecule has 1 aromatic carbocycles. The van der Waals surface area contributed by atoms with Gasteiger partial charge in [-0.25, -0.2) is 9.97 Å². The van der Waals surface area contributed by atoms with Crippen molar-refractivity contribution in [2.24, 2.45) is 5.92 Å². The molecule has 1 atom stereocenters. The number of anilines is 1. The topological polar surface area (TPSA) is 95.7 Å². The van der Waals surface area contributed by atoms with Crippen LogP contribution in [0.5, 0.6) is 0 Å². The van der Waals surface area contributed by atoms with Crippen LogP contribution in [-0.4, -0.2) is 75.8 Å². The minimum atomic E-state index is -0.0993. The molecule has 0 saturated carbocycles. The van der Waals surface area contributed by atoms with E-state index in [1.54, 1.807) is 13.0 Å². The molecular weight excluding hydrogens is 416 g/mol. The van der Waals surface area contributed by atoms with Crippen molar-refractivity contribution in [2.75, 3.05) is 45.0 Å². The molecule has 4 rings (SSSR count). The van der Waals surface area contributed by atoms with E-state index in [9.17, 15) is 9.59 Å². The van der Waals surface area contributed by atoms with Gasteiger partial charge >= 0.3 is 0 Å². The molecule has 1 aromatic heterocycles. The number of piperazine rings is 1. The molecule has 33 heavy (non-hydrogen) atoms. The number of rotatable bonds is 6. The number of nitrogens with two attached hydrogens (primary N) is 1. The van der Waals surface area contributed by atoms with Gasteiger partial charge in [0.25, 0.3) is 5.91 Å². The predicted octanol–water partition coefficient (Wildman–Crippen LogP) is 2.34. The Labute approximate surface area is 195 Å². The van der Waals surface area contributed by atoms with E-state index in [1.807, 2.05) is 15.9 Å². The van der Waals surface area contributed by atoms with Gasteiger partial charge in [-0.3, -0.25) is 14.5 Å². The largest absolute Gasteiger partial charge is 0.368 e. The van der Waals surface area contributed by atoms with Crippen molar-refractivity contribution in [2.45, 2.75) is 39.2 Å². The number of carbonyl (C=O) groups is 2. The lowest BCUT2D eigenvalue weighted by atomic mass is 9.93. The third-order valence-electron chi connectivity index (χ3n) is 6.64. The molecule has 176 valence electrons. The number of benzene rings is 1. The number of piperidine rings is 1. The number of aromatic nitrogens is 2. The number of nitrogen functional groups attached to an aromatic ring is 1. The minimum absolute atomic E-state index is 0.0993. The lowest BCUT2D eigenvalue weighted by Crippen LogP contribution is -2.48. The second-order valence-corrected chi connectivity index (χ2v) is 9.19. The molecule has 2 aromatic rings. The van der Waals surface area contributed by atoms with Crippen LogP contribution in [0.25, 0.3) is 0 Å². The Balaban J connectivity index is 1.22. The fourth-order valence-corrected chi connectivity index (χ4v) is 4.83. The fourth-order valence-electron chi connectivity index (χ4n) is 4.83. The van der Waals surface area contributed by atoms with Gasteiger partial charge in [-0.15, -0.1) is 0 Å². The smallest absolute Gasteiger partial charge is 0.272 e. The summed E-state index contributed by atoms with van der Waals surface area (Å²) in [6.07, 6.45) is 3.36. The highest BCUT2D eigenvalue weighted by Gasteiger charge is 2.27. The Hall–Kier alpha value is -3.00. The first-order valence-corrected chi connectivity index (χ1v) is 11.9. The molecule has 2 saturated heterocycles. The summed E-state index contributed by atoms with van der Waals surface area (Å²) in [7, 11) is 0. The summed E-state index contributed by atoms with van der Waals surface area (Å²) in [5.41, 5.74) is 8.07. The predicted molar refractivity (Wildman–Crippen MR) is 127 cm³/mol. The zero-order valence-corrected chi connectivity index (χ0v) is 19.4. The van der Waals surface area contributed by atoms with Gasteiger partial charge in [-0.05, 0) is 43.7 Å². The summed E-state index contributed by atoms with van der Waals surface area (Å²) < 4.78 is 0. The summed E-state index contributed by atoms with van der Waals surface area (Å²) in [4.78, 5) is 40.1. The molecule has 0 radical (unpaired) electrons. The molecule has 2 N–H and O–H groups in total. The average molecular weight is 451 g/mol. The summed E-state index contributed by atoms with van der Waals surface area (Å²) in [5, 5.41) is 0. The summed E-state index contributed by atoms with van der Waals surface area (Å²) in [6, 6.07) is 12.2. The van der Waals surface area contributed by atoms with Gasteiger partial charge in [0, 0.05) is 57.9 Å². The average Bonchev–Trinajstić information content (AvgIpc) is 2.83. The zero-order chi connectivity index (χ0) is 23.2. The number of nitrogens with zero attached hydrogens (tertiary/aromatic N) is 5. The highest BCUT2D eigenvalue weighted by molar-refractivity contribution is 5.92. The first kappa shape index (κ1) is 23.2. The van der Waals surface area contributed by atoms with E-state index >= 15 is 0 Å². The van der Waals surface area contributed by atoms with Crippen LogP contribution in [0.2, 0.25) is 0 Å². The van der Waals surface area contributed by atoms with E-state index in [1.165, 1.54) is 5.56 Å². The number of carbonyl (C=O) groups excluding carboxylic acids is 2. The van der Waals surface area contributed by atoms with Crippen molar-refractivity contribution in [1.29, 1.82) is 0 Å². The molecule has 1 unspecified atom stereocenters. The Morgan fingerprint density at radius 1 is 1.03 bits per heavy atom. The molecule has 0 spiro atoms. The van der Waals surface area contributed by atoms with E-state index in [4.69, 9.17) is 5.73 Å². The molecule has 2 fully saturated rings. The summed E-state index contributed by atoms with van der Waals surface area (Å²) in [6.45, 7) is 7.52. The number of likely N-dealkylation sites (tertiary alicyclic amines) is 1. The first-order chi connectivity index (χ1) is 16.0. The molecule has 3 heterocycles. The van der Waals surface area contributed by atoms with Crippen molar-refractivity contribution in [3.8, 4) is 0 Å². The van der Waals surface area contributed by atoms with Gasteiger partial charge in [0.1, 0.15) is 5.69 Å². The first-order valence-electron chi connectivity index (χ1n) is 11.9. The summed E-state index contributed by atoms with van der Waals surface area (Å²) in [5.74, 6) is 0.599. The normalized spacial score (nSPS) is 19.5. The van der Waals surface area contributed by atoms with Crippen molar-refractivity contribution in [3.05, 3.63) is 53.3 Å². The Morgan fingerprint density at radius 2 is 1.79 bits per heavy atom. The van der Waals surface area contributed by atoms with Gasteiger partial charge in [0.05, 0.1) is 0 Å². The quantitative estimate of drug-likeness (QED) is 0.726. The fraction of sp³-hybridized carbons (Fsp3) is 0.520. The highest BCUT2D eigenvalue weighted by Crippen LogP contribution is 2.23. The van der Waals surface area contributed by atoms with Crippen molar-refractivity contribution >= 4 is 17.8 Å². The molecule has 8 heteroatoms. The monoisotopic (exact) mass is 450 g/mol. The van der Waals surface area contributed by atoms with Gasteiger partial charge in [-0.1, -0.05) is 30.3 Å². The maximum absolute atomic E-state index is 12.9. The number of hydrogen-bond acceptors (Lipinski definition) is 6. The van der Waals surface area contributed by atoms with Crippen LogP contribution in [-0.2, 0) is 11.3 Å². The molecule has 2 amide bonds. The van der Waals surface area contributed by atoms with E-state index < -0.39 is 0 Å². The summed E-state index contributed by atoms with van der Waals surface area (Å²) >= 11 is 0. The standard InChI is InChI=1S/C25H34N6O2/c1-19-16-22(28-25(26)27-19)24(33)31-11-5-8-21(18-31)9-10-23(32)30-14-12-29(13-15-30)17-20-6-3-2-4-7-20/h2-4,6-7,16,21H,5,8-15,17-18H2,1H3,(H2,26,27,28). The van der Waals surface area contributed by atoms with Crippen LogP contribution in [0.15, 0.2) is 36.4 Å². The van der Waals surface area contributed by atoms with Crippen LogP contribution < -0.4 is 5.73 Å². The molecule has 2 aliphatic rings. The highest BCUT2D eigenvalue weighted by atomic mass is 16.2. The zero-order valence-electron chi connectivity index (χ0n) is 19.4.